The van der Waals surface area contributed by atoms with Crippen molar-refractivity contribution in [2.75, 3.05) is 6.07 Å². The van der Waals surface area contributed by atoms with Crippen LogP contribution in [0.25, 0.3) is 0 Å². The Bertz CT molecular complexity index is 768. The first-order chi connectivity index (χ1) is 13.8. The standard InChI is InChI=1S/C22H28Cl2O5/c1-3-19(25)21(27)22(28)20(26)13(2)15-6-9-18(24)16(11-15)10-14-4-7-17(8-5-14)29-12-23/h4-9,11,13,19-22,25-28H,3,10,12H2,1-2H3/t13?,19-,20+,21-,22-/m1/s1. The molecule has 160 valence electrons. The minimum absolute atomic E-state index is 0.0866. The molecule has 5 atom stereocenters. The maximum absolute atomic E-state index is 10.5. The molecule has 0 heterocycles. The highest BCUT2D eigenvalue weighted by Crippen LogP contribution is 2.29. The van der Waals surface area contributed by atoms with Gasteiger partial charge in [0.25, 0.3) is 0 Å². The van der Waals surface area contributed by atoms with Crippen molar-refractivity contribution in [2.24, 2.45) is 0 Å². The summed E-state index contributed by atoms with van der Waals surface area (Å²) in [7, 11) is 0. The average molecular weight is 443 g/mol. The minimum Gasteiger partial charge on any atom is -0.478 e. The first-order valence-corrected chi connectivity index (χ1v) is 10.5. The molecule has 0 aliphatic heterocycles. The third-order valence-electron chi connectivity index (χ3n) is 5.16. The third kappa shape index (κ3) is 6.32. The molecule has 0 aromatic heterocycles. The van der Waals surface area contributed by atoms with Crippen LogP contribution in [0.1, 0.15) is 42.9 Å². The molecule has 1 unspecified atom stereocenters. The second-order valence-electron chi connectivity index (χ2n) is 7.16. The van der Waals surface area contributed by atoms with Crippen LogP contribution in [0.2, 0.25) is 5.02 Å². The second kappa shape index (κ2) is 11.2. The molecule has 2 aromatic rings. The van der Waals surface area contributed by atoms with Gasteiger partial charge in [-0.15, -0.1) is 0 Å². The summed E-state index contributed by atoms with van der Waals surface area (Å²) >= 11 is 11.9. The lowest BCUT2D eigenvalue weighted by atomic mass is 9.87. The van der Waals surface area contributed by atoms with Gasteiger partial charge in [-0.1, -0.05) is 61.3 Å². The predicted octanol–water partition coefficient (Wildman–Crippen LogP) is 3.46. The Balaban J connectivity index is 2.16. The summed E-state index contributed by atoms with van der Waals surface area (Å²) in [5, 5.41) is 41.1. The van der Waals surface area contributed by atoms with E-state index < -0.39 is 30.3 Å². The topological polar surface area (TPSA) is 90.2 Å². The minimum atomic E-state index is -1.46. The fourth-order valence-electron chi connectivity index (χ4n) is 3.16. The van der Waals surface area contributed by atoms with Crippen molar-refractivity contribution >= 4 is 23.2 Å². The molecular weight excluding hydrogens is 415 g/mol. The SMILES string of the molecule is CC[C@@H](O)[C@@H](O)[C@H](O)[C@@H](O)C(C)c1ccc(Cl)c(Cc2ccc(OCCl)cc2)c1. The molecule has 0 aliphatic rings. The number of rotatable bonds is 10. The highest BCUT2D eigenvalue weighted by Gasteiger charge is 2.33. The average Bonchev–Trinajstić information content (AvgIpc) is 2.74. The Morgan fingerprint density at radius 3 is 2.17 bits per heavy atom. The van der Waals surface area contributed by atoms with E-state index in [1.54, 1.807) is 26.0 Å². The molecular formula is C22H28Cl2O5. The van der Waals surface area contributed by atoms with E-state index in [9.17, 15) is 20.4 Å². The molecule has 0 amide bonds. The van der Waals surface area contributed by atoms with E-state index in [1.807, 2.05) is 30.3 Å². The van der Waals surface area contributed by atoms with E-state index in [-0.39, 0.29) is 12.5 Å². The van der Waals surface area contributed by atoms with Crippen LogP contribution in [0.5, 0.6) is 5.75 Å². The maximum atomic E-state index is 10.5. The lowest BCUT2D eigenvalue weighted by Gasteiger charge is -2.30. The second-order valence-corrected chi connectivity index (χ2v) is 7.79. The lowest BCUT2D eigenvalue weighted by molar-refractivity contribution is -0.110. The predicted molar refractivity (Wildman–Crippen MR) is 115 cm³/mol. The van der Waals surface area contributed by atoms with Gasteiger partial charge in [-0.05, 0) is 47.7 Å². The van der Waals surface area contributed by atoms with Crippen LogP contribution in [0.15, 0.2) is 42.5 Å². The Labute approximate surface area is 181 Å². The quantitative estimate of drug-likeness (QED) is 0.423. The Hall–Kier alpha value is -1.34. The number of halogens is 2. The van der Waals surface area contributed by atoms with Crippen LogP contribution in [0.3, 0.4) is 0 Å². The highest BCUT2D eigenvalue weighted by molar-refractivity contribution is 6.31. The molecule has 0 saturated heterocycles. The molecule has 2 aromatic carbocycles. The van der Waals surface area contributed by atoms with E-state index in [4.69, 9.17) is 27.9 Å². The molecule has 2 rings (SSSR count). The number of hydrogen-bond donors (Lipinski definition) is 4. The van der Waals surface area contributed by atoms with Crippen molar-refractivity contribution in [3.8, 4) is 5.75 Å². The molecule has 7 heteroatoms. The summed E-state index contributed by atoms with van der Waals surface area (Å²) in [5.74, 6) is 0.210. The number of aliphatic hydroxyl groups is 4. The summed E-state index contributed by atoms with van der Waals surface area (Å²) in [6.07, 6.45) is -4.37. The zero-order valence-electron chi connectivity index (χ0n) is 16.5. The first-order valence-electron chi connectivity index (χ1n) is 9.56. The number of ether oxygens (including phenoxy) is 1. The number of hydrogen-bond acceptors (Lipinski definition) is 5. The van der Waals surface area contributed by atoms with Gasteiger partial charge in [0, 0.05) is 10.9 Å². The number of alkyl halides is 1. The molecule has 4 N–H and O–H groups in total. The van der Waals surface area contributed by atoms with Crippen LogP contribution in [-0.4, -0.2) is 50.9 Å². The van der Waals surface area contributed by atoms with Gasteiger partial charge in [0.15, 0.2) is 6.07 Å². The normalized spacial score (nSPS) is 16.7. The summed E-state index contributed by atoms with van der Waals surface area (Å²) < 4.78 is 5.23. The van der Waals surface area contributed by atoms with Crippen LogP contribution >= 0.6 is 23.2 Å². The molecule has 0 spiro atoms. The van der Waals surface area contributed by atoms with Crippen LogP contribution < -0.4 is 4.74 Å². The molecule has 0 aliphatic carbocycles. The molecule has 0 fully saturated rings. The monoisotopic (exact) mass is 442 g/mol. The van der Waals surface area contributed by atoms with E-state index in [2.05, 4.69) is 0 Å². The van der Waals surface area contributed by atoms with Crippen molar-refractivity contribution in [1.29, 1.82) is 0 Å². The summed E-state index contributed by atoms with van der Waals surface area (Å²) in [6.45, 7) is 3.44. The molecule has 0 bridgehead atoms. The van der Waals surface area contributed by atoms with Gasteiger partial charge in [0.2, 0.25) is 0 Å². The van der Waals surface area contributed by atoms with Crippen molar-refractivity contribution in [1.82, 2.24) is 0 Å². The molecule has 0 saturated carbocycles. The van der Waals surface area contributed by atoms with Crippen LogP contribution in [-0.2, 0) is 6.42 Å². The Morgan fingerprint density at radius 1 is 0.931 bits per heavy atom. The summed E-state index contributed by atoms with van der Waals surface area (Å²) in [6, 6.07) is 13.0. The van der Waals surface area contributed by atoms with Crippen molar-refractivity contribution in [3.05, 3.63) is 64.2 Å². The van der Waals surface area contributed by atoms with Crippen molar-refractivity contribution in [3.63, 3.8) is 0 Å². The van der Waals surface area contributed by atoms with E-state index in [0.29, 0.717) is 17.2 Å². The smallest absolute Gasteiger partial charge is 0.162 e. The molecule has 29 heavy (non-hydrogen) atoms. The zero-order valence-corrected chi connectivity index (χ0v) is 18.0. The zero-order chi connectivity index (χ0) is 21.6. The lowest BCUT2D eigenvalue weighted by Crippen LogP contribution is -2.46. The molecule has 5 nitrogen and oxygen atoms in total. The maximum Gasteiger partial charge on any atom is 0.162 e. The first kappa shape index (κ1) is 23.9. The summed E-state index contributed by atoms with van der Waals surface area (Å²) in [5.41, 5.74) is 2.68. The van der Waals surface area contributed by atoms with Gasteiger partial charge in [-0.3, -0.25) is 0 Å². The highest BCUT2D eigenvalue weighted by atomic mass is 35.5. The fraction of sp³-hybridized carbons (Fsp3) is 0.455. The van der Waals surface area contributed by atoms with Gasteiger partial charge >= 0.3 is 0 Å². The fourth-order valence-corrected chi connectivity index (χ4v) is 3.47. The van der Waals surface area contributed by atoms with Gasteiger partial charge in [0.05, 0.1) is 12.2 Å². The van der Waals surface area contributed by atoms with Gasteiger partial charge < -0.3 is 25.2 Å². The van der Waals surface area contributed by atoms with E-state index in [0.717, 1.165) is 16.7 Å². The van der Waals surface area contributed by atoms with Crippen LogP contribution in [0, 0.1) is 0 Å². The van der Waals surface area contributed by atoms with E-state index in [1.165, 1.54) is 0 Å². The Morgan fingerprint density at radius 2 is 1.59 bits per heavy atom. The van der Waals surface area contributed by atoms with Crippen molar-refractivity contribution < 1.29 is 25.2 Å². The molecule has 0 radical (unpaired) electrons. The van der Waals surface area contributed by atoms with Crippen LogP contribution in [0.4, 0.5) is 0 Å². The van der Waals surface area contributed by atoms with Gasteiger partial charge in [-0.25, -0.2) is 0 Å². The van der Waals surface area contributed by atoms with Gasteiger partial charge in [0.1, 0.15) is 18.0 Å². The summed E-state index contributed by atoms with van der Waals surface area (Å²) in [4.78, 5) is 0. The number of benzene rings is 2. The van der Waals surface area contributed by atoms with E-state index >= 15 is 0 Å². The Kier molecular flexibility index (Phi) is 9.21. The van der Waals surface area contributed by atoms with Gasteiger partial charge in [-0.2, -0.15) is 0 Å². The number of aliphatic hydroxyl groups excluding tert-OH is 4. The largest absolute Gasteiger partial charge is 0.478 e. The van der Waals surface area contributed by atoms with Crippen molar-refractivity contribution in [2.45, 2.75) is 57.0 Å². The third-order valence-corrected chi connectivity index (χ3v) is 5.64.